The van der Waals surface area contributed by atoms with Gasteiger partial charge in [-0.3, -0.25) is 0 Å². The molecule has 2 aromatic carbocycles. The highest BCUT2D eigenvalue weighted by molar-refractivity contribution is 7.99. The zero-order valence-electron chi connectivity index (χ0n) is 11.4. The fourth-order valence-electron chi connectivity index (χ4n) is 2.10. The number of benzene rings is 2. The monoisotopic (exact) mass is 300 g/mol. The first-order chi connectivity index (χ1) is 10.2. The number of hydrogen-bond acceptors (Lipinski definition) is 5. The van der Waals surface area contributed by atoms with Crippen LogP contribution in [0.3, 0.4) is 0 Å². The van der Waals surface area contributed by atoms with Gasteiger partial charge in [0.25, 0.3) is 5.22 Å². The summed E-state index contributed by atoms with van der Waals surface area (Å²) in [6.07, 6.45) is 0. The van der Waals surface area contributed by atoms with Crippen molar-refractivity contribution >= 4 is 22.9 Å². The second-order valence-electron chi connectivity index (χ2n) is 4.84. The highest BCUT2D eigenvalue weighted by Crippen LogP contribution is 2.30. The summed E-state index contributed by atoms with van der Waals surface area (Å²) in [5.74, 6) is 0.389. The molecule has 0 saturated carbocycles. The van der Waals surface area contributed by atoms with E-state index in [1.165, 1.54) is 11.8 Å². The molecule has 3 N–H and O–H groups in total. The average molecular weight is 300 g/mol. The lowest BCUT2D eigenvalue weighted by Gasteiger charge is -2.26. The van der Waals surface area contributed by atoms with Gasteiger partial charge in [-0.15, -0.1) is 0 Å². The predicted octanol–water partition coefficient (Wildman–Crippen LogP) is 2.77. The lowest BCUT2D eigenvalue weighted by molar-refractivity contribution is 0.0719. The van der Waals surface area contributed by atoms with Gasteiger partial charge < -0.3 is 15.3 Å². The summed E-state index contributed by atoms with van der Waals surface area (Å²) in [5.41, 5.74) is 7.04. The zero-order valence-corrected chi connectivity index (χ0v) is 12.2. The van der Waals surface area contributed by atoms with E-state index in [0.717, 1.165) is 16.7 Å². The molecule has 0 saturated heterocycles. The van der Waals surface area contributed by atoms with Crippen molar-refractivity contribution in [2.45, 2.75) is 10.8 Å². The molecule has 1 aromatic heterocycles. The summed E-state index contributed by atoms with van der Waals surface area (Å²) in [4.78, 5) is 4.39. The maximum absolute atomic E-state index is 10.7. The number of oxazole rings is 1. The number of aromatic nitrogens is 1. The smallest absolute Gasteiger partial charge is 0.256 e. The third-order valence-corrected chi connectivity index (χ3v) is 4.40. The van der Waals surface area contributed by atoms with Crippen molar-refractivity contribution in [2.75, 3.05) is 12.3 Å². The third kappa shape index (κ3) is 2.95. The molecule has 1 unspecified atom stereocenters. The second kappa shape index (κ2) is 5.89. The molecule has 5 heteroatoms. The number of hydrogen-bond donors (Lipinski definition) is 2. The topological polar surface area (TPSA) is 72.3 Å². The van der Waals surface area contributed by atoms with Gasteiger partial charge in [0.05, 0.1) is 0 Å². The van der Waals surface area contributed by atoms with Crippen LogP contribution in [0.15, 0.2) is 64.2 Å². The number of thioether (sulfide) groups is 1. The number of nitrogens with zero attached hydrogens (tertiary/aromatic N) is 1. The van der Waals surface area contributed by atoms with Crippen molar-refractivity contribution in [3.8, 4) is 0 Å². The molecule has 3 rings (SSSR count). The number of fused-ring (bicyclic) bond motifs is 1. The van der Waals surface area contributed by atoms with E-state index in [9.17, 15) is 5.11 Å². The van der Waals surface area contributed by atoms with Crippen molar-refractivity contribution in [2.24, 2.45) is 5.73 Å². The Balaban J connectivity index is 1.78. The number of rotatable bonds is 5. The van der Waals surface area contributed by atoms with E-state index in [4.69, 9.17) is 10.2 Å². The first kappa shape index (κ1) is 14.1. The molecule has 108 valence electrons. The van der Waals surface area contributed by atoms with Gasteiger partial charge in [-0.1, -0.05) is 54.2 Å². The van der Waals surface area contributed by atoms with Gasteiger partial charge in [0.2, 0.25) is 0 Å². The Morgan fingerprint density at radius 3 is 2.52 bits per heavy atom. The van der Waals surface area contributed by atoms with Crippen molar-refractivity contribution in [1.82, 2.24) is 4.98 Å². The Bertz CT molecular complexity index is 696. The Morgan fingerprint density at radius 2 is 1.81 bits per heavy atom. The molecule has 0 radical (unpaired) electrons. The molecule has 0 fully saturated rings. The normalized spacial score (nSPS) is 14.2. The third-order valence-electron chi connectivity index (χ3n) is 3.36. The fraction of sp³-hybridized carbons (Fsp3) is 0.188. The summed E-state index contributed by atoms with van der Waals surface area (Å²) in [6, 6.07) is 17.0. The number of aliphatic hydroxyl groups is 1. The lowest BCUT2D eigenvalue weighted by atomic mass is 9.96. The second-order valence-corrected chi connectivity index (χ2v) is 5.76. The van der Waals surface area contributed by atoms with E-state index in [0.29, 0.717) is 11.0 Å². The molecule has 0 aliphatic heterocycles. The molecule has 3 aromatic rings. The average Bonchev–Trinajstić information content (AvgIpc) is 2.96. The minimum Gasteiger partial charge on any atom is -0.431 e. The van der Waals surface area contributed by atoms with E-state index in [1.54, 1.807) is 0 Å². The van der Waals surface area contributed by atoms with Crippen LogP contribution in [-0.4, -0.2) is 22.4 Å². The maximum Gasteiger partial charge on any atom is 0.256 e. The molecule has 0 aliphatic carbocycles. The molecule has 1 heterocycles. The molecular weight excluding hydrogens is 284 g/mol. The first-order valence-electron chi connectivity index (χ1n) is 6.68. The van der Waals surface area contributed by atoms with Crippen LogP contribution >= 0.6 is 11.8 Å². The largest absolute Gasteiger partial charge is 0.431 e. The molecule has 1 atom stereocenters. The van der Waals surface area contributed by atoms with Gasteiger partial charge in [-0.25, -0.2) is 4.98 Å². The van der Waals surface area contributed by atoms with Gasteiger partial charge in [-0.2, -0.15) is 0 Å². The van der Waals surface area contributed by atoms with Crippen LogP contribution in [0.25, 0.3) is 11.1 Å². The highest BCUT2D eigenvalue weighted by Gasteiger charge is 2.28. The SMILES string of the molecule is NCC(O)(CSc1nc2ccccc2o1)c1ccccc1. The highest BCUT2D eigenvalue weighted by atomic mass is 32.2. The van der Waals surface area contributed by atoms with Gasteiger partial charge in [-0.05, 0) is 17.7 Å². The zero-order chi connectivity index (χ0) is 14.7. The van der Waals surface area contributed by atoms with Crippen molar-refractivity contribution in [1.29, 1.82) is 0 Å². The fourth-order valence-corrected chi connectivity index (χ4v) is 3.06. The Hall–Kier alpha value is -1.82. The quantitative estimate of drug-likeness (QED) is 0.709. The summed E-state index contributed by atoms with van der Waals surface area (Å²) in [7, 11) is 0. The van der Waals surface area contributed by atoms with E-state index < -0.39 is 5.60 Å². The summed E-state index contributed by atoms with van der Waals surface area (Å²) < 4.78 is 5.64. The van der Waals surface area contributed by atoms with E-state index in [2.05, 4.69) is 4.98 Å². The van der Waals surface area contributed by atoms with Crippen molar-refractivity contribution < 1.29 is 9.52 Å². The van der Waals surface area contributed by atoms with Gasteiger partial charge >= 0.3 is 0 Å². The number of nitrogens with two attached hydrogens (primary N) is 1. The Kier molecular flexibility index (Phi) is 3.96. The molecule has 0 amide bonds. The predicted molar refractivity (Wildman–Crippen MR) is 84.1 cm³/mol. The minimum atomic E-state index is -1.09. The lowest BCUT2D eigenvalue weighted by Crippen LogP contribution is -2.37. The van der Waals surface area contributed by atoms with Crippen LogP contribution in [0, 0.1) is 0 Å². The first-order valence-corrected chi connectivity index (χ1v) is 7.66. The molecule has 0 aliphatic rings. The van der Waals surface area contributed by atoms with Crippen LogP contribution in [0.5, 0.6) is 0 Å². The molecule has 21 heavy (non-hydrogen) atoms. The van der Waals surface area contributed by atoms with Crippen molar-refractivity contribution in [3.63, 3.8) is 0 Å². The van der Waals surface area contributed by atoms with E-state index in [1.807, 2.05) is 54.6 Å². The molecule has 4 nitrogen and oxygen atoms in total. The maximum atomic E-state index is 10.7. The van der Waals surface area contributed by atoms with Crippen LogP contribution in [-0.2, 0) is 5.60 Å². The Labute approximate surface area is 127 Å². The van der Waals surface area contributed by atoms with Crippen LogP contribution in [0.1, 0.15) is 5.56 Å². The van der Waals surface area contributed by atoms with Crippen molar-refractivity contribution in [3.05, 3.63) is 60.2 Å². The van der Waals surface area contributed by atoms with Crippen LogP contribution in [0.2, 0.25) is 0 Å². The number of para-hydroxylation sites is 2. The minimum absolute atomic E-state index is 0.143. The molecular formula is C16H16N2O2S. The molecule has 0 bridgehead atoms. The summed E-state index contributed by atoms with van der Waals surface area (Å²) in [5, 5.41) is 11.3. The summed E-state index contributed by atoms with van der Waals surface area (Å²) in [6.45, 7) is 0.143. The van der Waals surface area contributed by atoms with Crippen LogP contribution in [0.4, 0.5) is 0 Å². The van der Waals surface area contributed by atoms with Gasteiger partial charge in [0.15, 0.2) is 5.58 Å². The standard InChI is InChI=1S/C16H16N2O2S/c17-10-16(19,12-6-2-1-3-7-12)11-21-15-18-13-8-4-5-9-14(13)20-15/h1-9,19H,10-11,17H2. The Morgan fingerprint density at radius 1 is 1.10 bits per heavy atom. The van der Waals surface area contributed by atoms with Gasteiger partial charge in [0.1, 0.15) is 11.1 Å². The summed E-state index contributed by atoms with van der Waals surface area (Å²) >= 11 is 1.36. The van der Waals surface area contributed by atoms with Crippen LogP contribution < -0.4 is 5.73 Å². The van der Waals surface area contributed by atoms with E-state index in [-0.39, 0.29) is 6.54 Å². The van der Waals surface area contributed by atoms with Gasteiger partial charge in [0, 0.05) is 12.3 Å². The van der Waals surface area contributed by atoms with E-state index >= 15 is 0 Å². The molecule has 0 spiro atoms.